The number of rotatable bonds is 27. The standard InChI is InChI=1S/C36H66O15/c1-3-5-7-9-11-13-15-17-19-28(39)49-24(21-46-27(38)18-16-14-12-10-8-6-4-2)22-47-35-34(45)32(43)30(41)26(51-35)23-48-36-33(44)31(42)29(40)25(20-37)50-36/h24-26,29-37,40-45H,3-23H2,1-2H3/t24-,25-,26-,29+,30+,31?,32?,33?,34?,35-,36-/m1/s1. The molecular formula is C36H66O15. The van der Waals surface area contributed by atoms with Crippen molar-refractivity contribution in [2.75, 3.05) is 26.4 Å². The van der Waals surface area contributed by atoms with Gasteiger partial charge in [-0.3, -0.25) is 9.59 Å². The number of carbonyl (C=O) groups is 2. The fraction of sp³-hybridized carbons (Fsp3) is 0.944. The van der Waals surface area contributed by atoms with Crippen LogP contribution in [0.5, 0.6) is 0 Å². The van der Waals surface area contributed by atoms with Crippen LogP contribution in [0.3, 0.4) is 0 Å². The molecule has 2 aliphatic rings. The van der Waals surface area contributed by atoms with E-state index < -0.39 is 92.7 Å². The molecule has 0 radical (unpaired) electrons. The number of esters is 2. The fourth-order valence-electron chi connectivity index (χ4n) is 6.04. The van der Waals surface area contributed by atoms with Gasteiger partial charge in [0.15, 0.2) is 18.7 Å². The maximum atomic E-state index is 12.7. The largest absolute Gasteiger partial charge is 0.462 e. The van der Waals surface area contributed by atoms with Crippen molar-refractivity contribution in [1.29, 1.82) is 0 Å². The van der Waals surface area contributed by atoms with Crippen molar-refractivity contribution in [3.05, 3.63) is 0 Å². The molecule has 0 bridgehead atoms. The lowest BCUT2D eigenvalue weighted by Gasteiger charge is -2.42. The molecule has 0 saturated carbocycles. The summed E-state index contributed by atoms with van der Waals surface area (Å²) in [6.07, 6.45) is -0.713. The first-order chi connectivity index (χ1) is 24.5. The van der Waals surface area contributed by atoms with Gasteiger partial charge in [-0.05, 0) is 12.8 Å². The van der Waals surface area contributed by atoms with E-state index in [4.69, 9.17) is 28.4 Å². The third-order valence-electron chi connectivity index (χ3n) is 9.34. The molecule has 2 aliphatic heterocycles. The van der Waals surface area contributed by atoms with Crippen LogP contribution in [-0.2, 0) is 38.0 Å². The molecule has 0 amide bonds. The second-order valence-corrected chi connectivity index (χ2v) is 13.8. The summed E-state index contributed by atoms with van der Waals surface area (Å²) < 4.78 is 33.1. The monoisotopic (exact) mass is 738 g/mol. The summed E-state index contributed by atoms with van der Waals surface area (Å²) in [5, 5.41) is 71.4. The molecular weight excluding hydrogens is 672 g/mol. The van der Waals surface area contributed by atoms with Gasteiger partial charge in [-0.2, -0.15) is 0 Å². The van der Waals surface area contributed by atoms with Crippen molar-refractivity contribution in [2.45, 2.75) is 191 Å². The number of unbranched alkanes of at least 4 members (excludes halogenated alkanes) is 13. The van der Waals surface area contributed by atoms with E-state index in [1.54, 1.807) is 0 Å². The molecule has 4 unspecified atom stereocenters. The zero-order chi connectivity index (χ0) is 37.6. The Balaban J connectivity index is 1.93. The number of carbonyl (C=O) groups excluding carboxylic acids is 2. The van der Waals surface area contributed by atoms with E-state index in [1.807, 2.05) is 0 Å². The predicted molar refractivity (Wildman–Crippen MR) is 183 cm³/mol. The third kappa shape index (κ3) is 17.0. The molecule has 2 rings (SSSR count). The number of hydrogen-bond acceptors (Lipinski definition) is 15. The Morgan fingerprint density at radius 1 is 0.549 bits per heavy atom. The van der Waals surface area contributed by atoms with Gasteiger partial charge in [0.2, 0.25) is 0 Å². The van der Waals surface area contributed by atoms with Crippen molar-refractivity contribution in [1.82, 2.24) is 0 Å². The molecule has 7 N–H and O–H groups in total. The average molecular weight is 739 g/mol. The SMILES string of the molecule is CCCCCCCCCCC(=O)O[C@H](COC(=O)CCCCCCCCC)CO[C@@H]1O[C@H](CO[C@@H]2O[C@H](CO)[C@H](O)C(O)C2O)[C@H](O)C(O)C1O. The van der Waals surface area contributed by atoms with E-state index in [0.717, 1.165) is 44.9 Å². The number of hydrogen-bond donors (Lipinski definition) is 7. The van der Waals surface area contributed by atoms with Gasteiger partial charge in [-0.15, -0.1) is 0 Å². The molecule has 15 heteroatoms. The molecule has 2 fully saturated rings. The highest BCUT2D eigenvalue weighted by Gasteiger charge is 2.47. The Bertz CT molecular complexity index is 923. The van der Waals surface area contributed by atoms with Crippen LogP contribution in [0.4, 0.5) is 0 Å². The summed E-state index contributed by atoms with van der Waals surface area (Å²) in [6, 6.07) is 0. The van der Waals surface area contributed by atoms with Gasteiger partial charge in [-0.1, -0.05) is 97.3 Å². The van der Waals surface area contributed by atoms with Crippen LogP contribution in [0.15, 0.2) is 0 Å². The molecule has 2 saturated heterocycles. The Kier molecular flexibility index (Phi) is 23.5. The van der Waals surface area contributed by atoms with Gasteiger partial charge in [0, 0.05) is 12.8 Å². The molecule has 15 nitrogen and oxygen atoms in total. The molecule has 0 aliphatic carbocycles. The maximum Gasteiger partial charge on any atom is 0.306 e. The number of ether oxygens (including phenoxy) is 6. The lowest BCUT2D eigenvalue weighted by atomic mass is 9.98. The van der Waals surface area contributed by atoms with Crippen LogP contribution < -0.4 is 0 Å². The summed E-state index contributed by atoms with van der Waals surface area (Å²) in [6.45, 7) is 2.45. The first-order valence-electron chi connectivity index (χ1n) is 19.1. The second kappa shape index (κ2) is 26.3. The lowest BCUT2D eigenvalue weighted by Crippen LogP contribution is -2.61. The minimum atomic E-state index is -1.75. The minimum absolute atomic E-state index is 0.169. The molecule has 0 aromatic heterocycles. The van der Waals surface area contributed by atoms with E-state index in [-0.39, 0.29) is 26.1 Å². The van der Waals surface area contributed by atoms with Crippen molar-refractivity contribution in [3.8, 4) is 0 Å². The molecule has 0 aromatic rings. The molecule has 2 heterocycles. The minimum Gasteiger partial charge on any atom is -0.462 e. The highest BCUT2D eigenvalue weighted by molar-refractivity contribution is 5.70. The smallest absolute Gasteiger partial charge is 0.306 e. The summed E-state index contributed by atoms with van der Waals surface area (Å²) in [5.41, 5.74) is 0. The summed E-state index contributed by atoms with van der Waals surface area (Å²) in [5.74, 6) is -0.935. The van der Waals surface area contributed by atoms with Gasteiger partial charge in [0.05, 0.1) is 19.8 Å². The molecule has 300 valence electrons. The Morgan fingerprint density at radius 2 is 1.00 bits per heavy atom. The van der Waals surface area contributed by atoms with Crippen LogP contribution >= 0.6 is 0 Å². The molecule has 0 spiro atoms. The van der Waals surface area contributed by atoms with Crippen molar-refractivity contribution in [2.24, 2.45) is 0 Å². The zero-order valence-electron chi connectivity index (χ0n) is 30.6. The summed E-state index contributed by atoms with van der Waals surface area (Å²) >= 11 is 0. The normalized spacial score (nSPS) is 30.2. The zero-order valence-corrected chi connectivity index (χ0v) is 30.6. The van der Waals surface area contributed by atoms with Crippen LogP contribution in [0.2, 0.25) is 0 Å². The third-order valence-corrected chi connectivity index (χ3v) is 9.34. The first-order valence-corrected chi connectivity index (χ1v) is 19.1. The fourth-order valence-corrected chi connectivity index (χ4v) is 6.04. The maximum absolute atomic E-state index is 12.7. The van der Waals surface area contributed by atoms with Gasteiger partial charge >= 0.3 is 11.9 Å². The predicted octanol–water partition coefficient (Wildman–Crippen LogP) is 1.75. The Hall–Kier alpha value is -1.50. The van der Waals surface area contributed by atoms with E-state index in [1.165, 1.54) is 38.5 Å². The molecule has 0 aromatic carbocycles. The topological polar surface area (TPSA) is 231 Å². The van der Waals surface area contributed by atoms with Gasteiger partial charge in [-0.25, -0.2) is 0 Å². The quantitative estimate of drug-likeness (QED) is 0.0470. The number of aliphatic hydroxyl groups is 7. The lowest BCUT2D eigenvalue weighted by molar-refractivity contribution is -0.332. The summed E-state index contributed by atoms with van der Waals surface area (Å²) in [7, 11) is 0. The highest BCUT2D eigenvalue weighted by Crippen LogP contribution is 2.26. The van der Waals surface area contributed by atoms with Gasteiger partial charge in [0.1, 0.15) is 55.4 Å². The van der Waals surface area contributed by atoms with E-state index in [0.29, 0.717) is 12.8 Å². The van der Waals surface area contributed by atoms with Crippen molar-refractivity contribution in [3.63, 3.8) is 0 Å². The molecule has 51 heavy (non-hydrogen) atoms. The van der Waals surface area contributed by atoms with E-state index in [2.05, 4.69) is 13.8 Å². The van der Waals surface area contributed by atoms with Crippen LogP contribution in [-0.4, -0.2) is 142 Å². The van der Waals surface area contributed by atoms with Crippen molar-refractivity contribution < 1.29 is 73.8 Å². The molecule has 11 atom stereocenters. The van der Waals surface area contributed by atoms with Crippen LogP contribution in [0, 0.1) is 0 Å². The Morgan fingerprint density at radius 3 is 1.53 bits per heavy atom. The summed E-state index contributed by atoms with van der Waals surface area (Å²) in [4.78, 5) is 25.2. The van der Waals surface area contributed by atoms with E-state index in [9.17, 15) is 45.3 Å². The van der Waals surface area contributed by atoms with Crippen LogP contribution in [0.1, 0.15) is 123 Å². The number of aliphatic hydroxyl groups excluding tert-OH is 7. The van der Waals surface area contributed by atoms with Crippen molar-refractivity contribution >= 4 is 11.9 Å². The second-order valence-electron chi connectivity index (χ2n) is 13.8. The van der Waals surface area contributed by atoms with Crippen LogP contribution in [0.25, 0.3) is 0 Å². The van der Waals surface area contributed by atoms with Gasteiger partial charge in [0.25, 0.3) is 0 Å². The van der Waals surface area contributed by atoms with Gasteiger partial charge < -0.3 is 64.2 Å². The van der Waals surface area contributed by atoms with E-state index >= 15 is 0 Å². The first kappa shape index (κ1) is 45.7. The highest BCUT2D eigenvalue weighted by atomic mass is 16.7. The average Bonchev–Trinajstić information content (AvgIpc) is 3.12. The Labute approximate surface area is 302 Å².